The van der Waals surface area contributed by atoms with Crippen molar-refractivity contribution in [2.24, 2.45) is 0 Å². The molecule has 0 atom stereocenters. The first-order valence-electron chi connectivity index (χ1n) is 10.4. The summed E-state index contributed by atoms with van der Waals surface area (Å²) in [6, 6.07) is 10.1. The molecule has 1 saturated heterocycles. The van der Waals surface area contributed by atoms with Crippen molar-refractivity contribution < 1.29 is 18.7 Å². The van der Waals surface area contributed by atoms with Gasteiger partial charge >= 0.3 is 0 Å². The first-order valence-corrected chi connectivity index (χ1v) is 10.4. The zero-order valence-corrected chi connectivity index (χ0v) is 17.5. The highest BCUT2D eigenvalue weighted by Gasteiger charge is 2.41. The number of amides is 1. The van der Waals surface area contributed by atoms with Crippen molar-refractivity contribution in [3.05, 3.63) is 58.9 Å². The van der Waals surface area contributed by atoms with Gasteiger partial charge in [0.2, 0.25) is 5.91 Å². The largest absolute Gasteiger partial charge is 0.493 e. The second-order valence-corrected chi connectivity index (χ2v) is 7.80. The minimum atomic E-state index is -0.718. The maximum atomic E-state index is 13.4. The van der Waals surface area contributed by atoms with Gasteiger partial charge in [0.25, 0.3) is 0 Å². The molecule has 3 rings (SSSR count). The molecule has 4 nitrogen and oxygen atoms in total. The summed E-state index contributed by atoms with van der Waals surface area (Å²) in [6.45, 7) is 7.83. The molecule has 1 aliphatic rings. The molecule has 2 aromatic rings. The van der Waals surface area contributed by atoms with Crippen LogP contribution in [0.15, 0.2) is 36.4 Å². The number of ether oxygens (including phenoxy) is 2. The van der Waals surface area contributed by atoms with Gasteiger partial charge in [-0.1, -0.05) is 25.5 Å². The summed E-state index contributed by atoms with van der Waals surface area (Å²) in [5.41, 5.74) is 2.86. The molecule has 0 bridgehead atoms. The number of benzene rings is 2. The second kappa shape index (κ2) is 9.40. The predicted octanol–water partition coefficient (Wildman–Crippen LogP) is 5.31. The third kappa shape index (κ3) is 4.78. The number of nitrogens with one attached hydrogen (secondary N) is 1. The van der Waals surface area contributed by atoms with Crippen LogP contribution < -0.4 is 10.1 Å². The molecule has 1 aliphatic heterocycles. The zero-order valence-electron chi connectivity index (χ0n) is 17.5. The van der Waals surface area contributed by atoms with Crippen LogP contribution in [0.2, 0.25) is 0 Å². The number of carbonyl (C=O) groups is 1. The maximum Gasteiger partial charge on any atom is 0.235 e. The first-order chi connectivity index (χ1) is 14.0. The van der Waals surface area contributed by atoms with Gasteiger partial charge in [0.15, 0.2) is 0 Å². The summed E-state index contributed by atoms with van der Waals surface area (Å²) in [5.74, 6) is 0.503. The SMILES string of the molecule is CCCCOc1c(C)cc(NC(=O)C2(c3ccc(F)cc3)CCOCC2)cc1C. The summed E-state index contributed by atoms with van der Waals surface area (Å²) < 4.78 is 24.8. The van der Waals surface area contributed by atoms with E-state index in [9.17, 15) is 9.18 Å². The van der Waals surface area contributed by atoms with Crippen LogP contribution in [0.25, 0.3) is 0 Å². The standard InChI is InChI=1S/C24H30FNO3/c1-4-5-12-29-22-17(2)15-21(16-18(22)3)26-23(27)24(10-13-28-14-11-24)19-6-8-20(25)9-7-19/h6-9,15-16H,4-5,10-14H2,1-3H3,(H,26,27). The van der Waals surface area contributed by atoms with Gasteiger partial charge < -0.3 is 14.8 Å². The topological polar surface area (TPSA) is 47.6 Å². The fraction of sp³-hybridized carbons (Fsp3) is 0.458. The Morgan fingerprint density at radius 3 is 2.34 bits per heavy atom. The molecule has 0 aliphatic carbocycles. The van der Waals surface area contributed by atoms with E-state index in [1.165, 1.54) is 12.1 Å². The van der Waals surface area contributed by atoms with E-state index in [2.05, 4.69) is 12.2 Å². The van der Waals surface area contributed by atoms with Crippen LogP contribution in [0.3, 0.4) is 0 Å². The Morgan fingerprint density at radius 1 is 1.14 bits per heavy atom. The predicted molar refractivity (Wildman–Crippen MR) is 113 cm³/mol. The lowest BCUT2D eigenvalue weighted by Crippen LogP contribution is -2.44. The van der Waals surface area contributed by atoms with Crippen molar-refractivity contribution in [2.45, 2.75) is 51.9 Å². The molecule has 0 spiro atoms. The second-order valence-electron chi connectivity index (χ2n) is 7.80. The average molecular weight is 400 g/mol. The van der Waals surface area contributed by atoms with E-state index < -0.39 is 5.41 Å². The number of halogens is 1. The summed E-state index contributed by atoms with van der Waals surface area (Å²) in [5, 5.41) is 3.10. The van der Waals surface area contributed by atoms with Crippen molar-refractivity contribution in [3.63, 3.8) is 0 Å². The normalized spacial score (nSPS) is 15.7. The highest BCUT2D eigenvalue weighted by molar-refractivity contribution is 5.99. The molecule has 29 heavy (non-hydrogen) atoms. The number of aryl methyl sites for hydroxylation is 2. The van der Waals surface area contributed by atoms with E-state index in [0.717, 1.165) is 41.0 Å². The zero-order chi connectivity index (χ0) is 20.9. The van der Waals surface area contributed by atoms with Crippen molar-refractivity contribution in [2.75, 3.05) is 25.1 Å². The number of anilines is 1. The Hall–Kier alpha value is -2.40. The summed E-state index contributed by atoms with van der Waals surface area (Å²) in [4.78, 5) is 13.4. The summed E-state index contributed by atoms with van der Waals surface area (Å²) in [7, 11) is 0. The van der Waals surface area contributed by atoms with E-state index in [-0.39, 0.29) is 11.7 Å². The number of rotatable bonds is 7. The van der Waals surface area contributed by atoms with Gasteiger partial charge in [-0.25, -0.2) is 4.39 Å². The Bertz CT molecular complexity index is 819. The van der Waals surface area contributed by atoms with E-state index in [0.29, 0.717) is 32.7 Å². The average Bonchev–Trinajstić information content (AvgIpc) is 2.71. The highest BCUT2D eigenvalue weighted by Crippen LogP contribution is 2.37. The van der Waals surface area contributed by atoms with Crippen LogP contribution in [0.1, 0.15) is 49.3 Å². The lowest BCUT2D eigenvalue weighted by Gasteiger charge is -2.36. The molecule has 2 aromatic carbocycles. The monoisotopic (exact) mass is 399 g/mol. The van der Waals surface area contributed by atoms with Crippen LogP contribution in [0, 0.1) is 19.7 Å². The molecular weight excluding hydrogens is 369 g/mol. The van der Waals surface area contributed by atoms with E-state index in [1.54, 1.807) is 12.1 Å². The first kappa shape index (κ1) is 21.3. The van der Waals surface area contributed by atoms with Gasteiger partial charge in [-0.2, -0.15) is 0 Å². The Labute approximate surface area is 172 Å². The quantitative estimate of drug-likeness (QED) is 0.642. The highest BCUT2D eigenvalue weighted by atomic mass is 19.1. The van der Waals surface area contributed by atoms with Crippen LogP contribution in [-0.2, 0) is 14.9 Å². The molecule has 0 radical (unpaired) electrons. The Balaban J connectivity index is 1.84. The van der Waals surface area contributed by atoms with Crippen molar-refractivity contribution in [1.29, 1.82) is 0 Å². The van der Waals surface area contributed by atoms with Gasteiger partial charge in [-0.05, 0) is 74.1 Å². The molecule has 1 fully saturated rings. The molecule has 1 N–H and O–H groups in total. The fourth-order valence-electron chi connectivity index (χ4n) is 3.96. The molecule has 1 amide bonds. The van der Waals surface area contributed by atoms with E-state index in [1.807, 2.05) is 26.0 Å². The molecule has 1 heterocycles. The molecule has 0 aromatic heterocycles. The lowest BCUT2D eigenvalue weighted by atomic mass is 9.73. The lowest BCUT2D eigenvalue weighted by molar-refractivity contribution is -0.125. The minimum Gasteiger partial charge on any atom is -0.493 e. The summed E-state index contributed by atoms with van der Waals surface area (Å²) >= 11 is 0. The smallest absolute Gasteiger partial charge is 0.235 e. The maximum absolute atomic E-state index is 13.4. The van der Waals surface area contributed by atoms with Gasteiger partial charge in [0, 0.05) is 18.9 Å². The number of unbranched alkanes of at least 4 members (excludes halogenated alkanes) is 1. The molecule has 0 saturated carbocycles. The Kier molecular flexibility index (Phi) is 6.91. The van der Waals surface area contributed by atoms with Gasteiger partial charge in [0.05, 0.1) is 12.0 Å². The third-order valence-electron chi connectivity index (χ3n) is 5.64. The molecular formula is C24H30FNO3. The minimum absolute atomic E-state index is 0.0779. The Morgan fingerprint density at radius 2 is 1.76 bits per heavy atom. The number of hydrogen-bond donors (Lipinski definition) is 1. The van der Waals surface area contributed by atoms with Crippen LogP contribution in [0.4, 0.5) is 10.1 Å². The van der Waals surface area contributed by atoms with Crippen LogP contribution in [-0.4, -0.2) is 25.7 Å². The van der Waals surface area contributed by atoms with Crippen LogP contribution >= 0.6 is 0 Å². The van der Waals surface area contributed by atoms with Gasteiger partial charge in [-0.3, -0.25) is 4.79 Å². The van der Waals surface area contributed by atoms with Crippen molar-refractivity contribution in [1.82, 2.24) is 0 Å². The van der Waals surface area contributed by atoms with Gasteiger partial charge in [0.1, 0.15) is 11.6 Å². The van der Waals surface area contributed by atoms with E-state index >= 15 is 0 Å². The van der Waals surface area contributed by atoms with Crippen molar-refractivity contribution in [3.8, 4) is 5.75 Å². The number of carbonyl (C=O) groups excluding carboxylic acids is 1. The van der Waals surface area contributed by atoms with Crippen LogP contribution in [0.5, 0.6) is 5.75 Å². The van der Waals surface area contributed by atoms with Gasteiger partial charge in [-0.15, -0.1) is 0 Å². The third-order valence-corrected chi connectivity index (χ3v) is 5.64. The summed E-state index contributed by atoms with van der Waals surface area (Å²) in [6.07, 6.45) is 3.24. The van der Waals surface area contributed by atoms with E-state index in [4.69, 9.17) is 9.47 Å². The van der Waals surface area contributed by atoms with Crippen molar-refractivity contribution >= 4 is 11.6 Å². The number of hydrogen-bond acceptors (Lipinski definition) is 3. The molecule has 156 valence electrons. The molecule has 0 unspecified atom stereocenters. The fourth-order valence-corrected chi connectivity index (χ4v) is 3.96. The molecule has 5 heteroatoms.